The van der Waals surface area contributed by atoms with Gasteiger partial charge in [-0.15, -0.1) is 0 Å². The first-order valence-corrected chi connectivity index (χ1v) is 10.3. The Hall–Kier alpha value is -2.69. The van der Waals surface area contributed by atoms with E-state index < -0.39 is 12.2 Å². The minimum absolute atomic E-state index is 0.100. The van der Waals surface area contributed by atoms with Crippen LogP contribution in [0.3, 0.4) is 0 Å². The topological polar surface area (TPSA) is 60.8 Å². The maximum atomic E-state index is 13.2. The number of hydrogen-bond donors (Lipinski definition) is 2. The van der Waals surface area contributed by atoms with Crippen molar-refractivity contribution in [3.05, 3.63) is 71.8 Å². The number of amides is 1. The summed E-state index contributed by atoms with van der Waals surface area (Å²) in [6.07, 6.45) is 0.952. The van der Waals surface area contributed by atoms with Crippen molar-refractivity contribution in [1.29, 1.82) is 0 Å². The van der Waals surface area contributed by atoms with E-state index in [0.29, 0.717) is 18.5 Å². The Morgan fingerprint density at radius 1 is 0.966 bits per heavy atom. The van der Waals surface area contributed by atoms with Crippen molar-refractivity contribution in [2.24, 2.45) is 0 Å². The number of aliphatic hydroxyl groups excluding tert-OH is 2. The number of fused-ring (bicyclic) bond motifs is 1. The number of likely N-dealkylation sites (tertiary alicyclic amines) is 1. The Bertz CT molecular complexity index is 1010. The summed E-state index contributed by atoms with van der Waals surface area (Å²) in [5.41, 5.74) is 4.21. The lowest BCUT2D eigenvalue weighted by atomic mass is 9.94. The van der Waals surface area contributed by atoms with Gasteiger partial charge >= 0.3 is 0 Å². The monoisotopic (exact) mass is 389 g/mol. The summed E-state index contributed by atoms with van der Waals surface area (Å²) in [6, 6.07) is 20.5. The van der Waals surface area contributed by atoms with E-state index in [1.807, 2.05) is 24.3 Å². The Morgan fingerprint density at radius 3 is 2.41 bits per heavy atom. The highest BCUT2D eigenvalue weighted by Crippen LogP contribution is 2.31. The van der Waals surface area contributed by atoms with Crippen molar-refractivity contribution in [2.75, 3.05) is 13.1 Å². The number of aliphatic hydroxyl groups is 2. The fraction of sp³-hybridized carbons (Fsp3) is 0.320. The van der Waals surface area contributed by atoms with E-state index in [-0.39, 0.29) is 12.5 Å². The van der Waals surface area contributed by atoms with Gasteiger partial charge in [-0.1, -0.05) is 67.9 Å². The molecule has 4 rings (SSSR count). The summed E-state index contributed by atoms with van der Waals surface area (Å²) in [6.45, 7) is 2.79. The van der Waals surface area contributed by atoms with Gasteiger partial charge in [-0.05, 0) is 46.4 Å². The third kappa shape index (κ3) is 3.91. The number of β-amino-alcohol motifs (C(OH)–C–C–N with tert-alkyl or cyclic N) is 1. The van der Waals surface area contributed by atoms with Crippen LogP contribution >= 0.6 is 0 Å². The number of piperidine rings is 1. The van der Waals surface area contributed by atoms with Crippen LogP contribution in [0.5, 0.6) is 0 Å². The van der Waals surface area contributed by atoms with Gasteiger partial charge in [-0.2, -0.15) is 0 Å². The molecule has 4 nitrogen and oxygen atoms in total. The van der Waals surface area contributed by atoms with Gasteiger partial charge in [0.15, 0.2) is 0 Å². The van der Waals surface area contributed by atoms with Crippen LogP contribution in [0.25, 0.3) is 21.9 Å². The van der Waals surface area contributed by atoms with Gasteiger partial charge in [0.05, 0.1) is 12.2 Å². The average Bonchev–Trinajstić information content (AvgIpc) is 2.75. The molecule has 0 saturated carbocycles. The quantitative estimate of drug-likeness (QED) is 0.708. The predicted octanol–water partition coefficient (Wildman–Crippen LogP) is 4.03. The molecule has 3 aromatic carbocycles. The minimum Gasteiger partial charge on any atom is -0.390 e. The zero-order valence-corrected chi connectivity index (χ0v) is 16.7. The summed E-state index contributed by atoms with van der Waals surface area (Å²) in [5, 5.41) is 21.7. The smallest absolute Gasteiger partial charge is 0.254 e. The first-order valence-electron chi connectivity index (χ1n) is 10.3. The van der Waals surface area contributed by atoms with E-state index >= 15 is 0 Å². The zero-order chi connectivity index (χ0) is 20.4. The SMILES string of the molecule is CCCc1ccc(-c2cccc3c(C(=O)N4CC[C@H](O)[C@@H](O)C4)cccc23)cc1. The molecule has 150 valence electrons. The standard InChI is InChI=1S/C25H27NO3/c1-2-5-17-10-12-18(13-11-17)19-6-3-8-21-20(19)7-4-9-22(21)25(29)26-15-14-23(27)24(28)16-26/h3-4,6-13,23-24,27-28H,2,5,14-16H2,1H3/t23-,24-/m0/s1. The first kappa shape index (κ1) is 19.6. The van der Waals surface area contributed by atoms with Gasteiger partial charge in [0.2, 0.25) is 0 Å². The third-order valence-electron chi connectivity index (χ3n) is 5.79. The van der Waals surface area contributed by atoms with Gasteiger partial charge in [-0.3, -0.25) is 4.79 Å². The van der Waals surface area contributed by atoms with Gasteiger partial charge in [0, 0.05) is 18.7 Å². The molecule has 0 aromatic heterocycles. The summed E-state index contributed by atoms with van der Waals surface area (Å²) in [4.78, 5) is 14.8. The van der Waals surface area contributed by atoms with E-state index in [2.05, 4.69) is 43.3 Å². The zero-order valence-electron chi connectivity index (χ0n) is 16.7. The second kappa shape index (κ2) is 8.36. The van der Waals surface area contributed by atoms with Crippen LogP contribution < -0.4 is 0 Å². The number of nitrogens with zero attached hydrogens (tertiary/aromatic N) is 1. The number of hydrogen-bond acceptors (Lipinski definition) is 3. The molecule has 3 aromatic rings. The number of benzene rings is 3. The molecule has 1 saturated heterocycles. The Balaban J connectivity index is 1.71. The summed E-state index contributed by atoms with van der Waals surface area (Å²) >= 11 is 0. The molecule has 0 radical (unpaired) electrons. The number of carbonyl (C=O) groups is 1. The van der Waals surface area contributed by atoms with E-state index in [4.69, 9.17) is 0 Å². The van der Waals surface area contributed by atoms with Crippen LogP contribution in [-0.4, -0.2) is 46.3 Å². The van der Waals surface area contributed by atoms with Crippen LogP contribution in [-0.2, 0) is 6.42 Å². The average molecular weight is 389 g/mol. The molecule has 1 amide bonds. The van der Waals surface area contributed by atoms with Crippen molar-refractivity contribution in [3.8, 4) is 11.1 Å². The minimum atomic E-state index is -0.889. The second-order valence-electron chi connectivity index (χ2n) is 7.83. The Labute approximate surface area is 171 Å². The maximum absolute atomic E-state index is 13.2. The molecule has 1 aliphatic heterocycles. The van der Waals surface area contributed by atoms with E-state index in [1.54, 1.807) is 4.90 Å². The molecule has 1 aliphatic rings. The summed E-state index contributed by atoms with van der Waals surface area (Å²) in [7, 11) is 0. The molecule has 0 bridgehead atoms. The highest BCUT2D eigenvalue weighted by molar-refractivity contribution is 6.10. The lowest BCUT2D eigenvalue weighted by molar-refractivity contribution is -0.0321. The van der Waals surface area contributed by atoms with Crippen molar-refractivity contribution >= 4 is 16.7 Å². The fourth-order valence-electron chi connectivity index (χ4n) is 4.16. The number of rotatable bonds is 4. The van der Waals surface area contributed by atoms with Crippen LogP contribution in [0.4, 0.5) is 0 Å². The van der Waals surface area contributed by atoms with Crippen LogP contribution in [0.15, 0.2) is 60.7 Å². The van der Waals surface area contributed by atoms with Gasteiger partial charge in [0.25, 0.3) is 5.91 Å². The molecule has 4 heteroatoms. The molecular weight excluding hydrogens is 362 g/mol. The van der Waals surface area contributed by atoms with E-state index in [9.17, 15) is 15.0 Å². The van der Waals surface area contributed by atoms with Crippen LogP contribution in [0.2, 0.25) is 0 Å². The van der Waals surface area contributed by atoms with E-state index in [1.165, 1.54) is 5.56 Å². The number of carbonyl (C=O) groups excluding carboxylic acids is 1. The largest absolute Gasteiger partial charge is 0.390 e. The molecule has 2 atom stereocenters. The first-order chi connectivity index (χ1) is 14.1. The van der Waals surface area contributed by atoms with Crippen molar-refractivity contribution in [1.82, 2.24) is 4.90 Å². The van der Waals surface area contributed by atoms with E-state index in [0.717, 1.165) is 34.7 Å². The normalized spacial score (nSPS) is 19.5. The summed E-state index contributed by atoms with van der Waals surface area (Å²) < 4.78 is 0. The maximum Gasteiger partial charge on any atom is 0.254 e. The number of aryl methyl sites for hydroxylation is 1. The Morgan fingerprint density at radius 2 is 1.69 bits per heavy atom. The fourth-order valence-corrected chi connectivity index (χ4v) is 4.16. The molecule has 0 unspecified atom stereocenters. The van der Waals surface area contributed by atoms with Crippen molar-refractivity contribution in [3.63, 3.8) is 0 Å². The summed E-state index contributed by atoms with van der Waals surface area (Å²) in [5.74, 6) is -0.100. The van der Waals surface area contributed by atoms with Gasteiger partial charge < -0.3 is 15.1 Å². The van der Waals surface area contributed by atoms with Crippen molar-refractivity contribution in [2.45, 2.75) is 38.4 Å². The molecule has 1 heterocycles. The molecule has 0 aliphatic carbocycles. The second-order valence-corrected chi connectivity index (χ2v) is 7.83. The molecule has 1 fully saturated rings. The van der Waals surface area contributed by atoms with Gasteiger partial charge in [-0.25, -0.2) is 0 Å². The van der Waals surface area contributed by atoms with Crippen molar-refractivity contribution < 1.29 is 15.0 Å². The van der Waals surface area contributed by atoms with Crippen LogP contribution in [0.1, 0.15) is 35.7 Å². The molecule has 2 N–H and O–H groups in total. The lowest BCUT2D eigenvalue weighted by Crippen LogP contribution is -2.49. The predicted molar refractivity (Wildman–Crippen MR) is 116 cm³/mol. The molecular formula is C25H27NO3. The van der Waals surface area contributed by atoms with Gasteiger partial charge in [0.1, 0.15) is 0 Å². The highest BCUT2D eigenvalue weighted by Gasteiger charge is 2.29. The van der Waals surface area contributed by atoms with Crippen LogP contribution in [0, 0.1) is 0 Å². The Kier molecular flexibility index (Phi) is 5.65. The highest BCUT2D eigenvalue weighted by atomic mass is 16.3. The lowest BCUT2D eigenvalue weighted by Gasteiger charge is -2.33. The molecule has 29 heavy (non-hydrogen) atoms. The third-order valence-corrected chi connectivity index (χ3v) is 5.79. The molecule has 0 spiro atoms.